The molecule has 0 spiro atoms. The zero-order valence-corrected chi connectivity index (χ0v) is 20.3. The summed E-state index contributed by atoms with van der Waals surface area (Å²) in [6.07, 6.45) is -0.445. The maximum Gasteiger partial charge on any atom is 0.326 e. The number of carboxylic acid groups (broad SMARTS) is 1. The molecule has 0 aliphatic carbocycles. The predicted molar refractivity (Wildman–Crippen MR) is 127 cm³/mol. The molecule has 9 N–H and O–H groups in total. The summed E-state index contributed by atoms with van der Waals surface area (Å²) >= 11 is 0. The van der Waals surface area contributed by atoms with Crippen LogP contribution in [0, 0.1) is 11.8 Å². The van der Waals surface area contributed by atoms with Gasteiger partial charge in [0.1, 0.15) is 23.9 Å². The zero-order valence-electron chi connectivity index (χ0n) is 20.3. The summed E-state index contributed by atoms with van der Waals surface area (Å²) in [6.45, 7) is 6.54. The Kier molecular flexibility index (Phi) is 11.1. The Labute approximate surface area is 203 Å². The highest BCUT2D eigenvalue weighted by Crippen LogP contribution is 2.11. The van der Waals surface area contributed by atoms with Crippen LogP contribution in [0.2, 0.25) is 0 Å². The normalized spacial score (nSPS) is 14.5. The number of benzene rings is 1. The molecule has 12 nitrogen and oxygen atoms in total. The number of phenols is 1. The number of carbonyl (C=O) groups is 5. The van der Waals surface area contributed by atoms with Gasteiger partial charge in [-0.2, -0.15) is 0 Å². The van der Waals surface area contributed by atoms with Crippen LogP contribution in [0.1, 0.15) is 39.7 Å². The number of hydrogen-bond acceptors (Lipinski definition) is 7. The number of hydrogen-bond donors (Lipinski definition) is 7. The number of aromatic hydroxyl groups is 1. The number of carbonyl (C=O) groups excluding carboxylic acids is 4. The number of rotatable bonds is 13. The van der Waals surface area contributed by atoms with E-state index in [0.29, 0.717) is 5.56 Å². The van der Waals surface area contributed by atoms with E-state index in [1.54, 1.807) is 39.8 Å². The van der Waals surface area contributed by atoms with E-state index < -0.39 is 72.0 Å². The molecule has 1 rings (SSSR count). The van der Waals surface area contributed by atoms with Crippen molar-refractivity contribution in [3.63, 3.8) is 0 Å². The molecule has 4 atom stereocenters. The molecule has 0 saturated heterocycles. The molecule has 0 heterocycles. The highest BCUT2D eigenvalue weighted by atomic mass is 16.4. The number of carboxylic acids is 1. The van der Waals surface area contributed by atoms with E-state index >= 15 is 0 Å². The van der Waals surface area contributed by atoms with Crippen LogP contribution in [0.5, 0.6) is 5.75 Å². The molecule has 0 saturated carbocycles. The average Bonchev–Trinajstić information content (AvgIpc) is 2.75. The van der Waals surface area contributed by atoms with Crippen LogP contribution < -0.4 is 27.4 Å². The smallest absolute Gasteiger partial charge is 0.326 e. The number of nitrogens with one attached hydrogen (secondary N) is 3. The van der Waals surface area contributed by atoms with Crippen LogP contribution in [0.25, 0.3) is 0 Å². The summed E-state index contributed by atoms with van der Waals surface area (Å²) in [4.78, 5) is 61.2. The molecule has 4 amide bonds. The minimum absolute atomic E-state index is 0.0526. The van der Waals surface area contributed by atoms with Crippen molar-refractivity contribution in [1.29, 1.82) is 0 Å². The molecule has 0 radical (unpaired) electrons. The van der Waals surface area contributed by atoms with E-state index in [4.69, 9.17) is 11.5 Å². The first-order chi connectivity index (χ1) is 16.2. The number of aliphatic carboxylic acids is 1. The second-order valence-electron chi connectivity index (χ2n) is 9.01. The van der Waals surface area contributed by atoms with Gasteiger partial charge in [-0.15, -0.1) is 0 Å². The number of primary amides is 1. The van der Waals surface area contributed by atoms with Gasteiger partial charge in [0.2, 0.25) is 23.6 Å². The summed E-state index contributed by atoms with van der Waals surface area (Å²) in [7, 11) is 0. The summed E-state index contributed by atoms with van der Waals surface area (Å²) in [5.74, 6) is -5.17. The summed E-state index contributed by atoms with van der Waals surface area (Å²) < 4.78 is 0. The molecule has 0 fully saturated rings. The van der Waals surface area contributed by atoms with Crippen LogP contribution in [-0.4, -0.2) is 64.0 Å². The lowest BCUT2D eigenvalue weighted by atomic mass is 9.99. The third-order valence-corrected chi connectivity index (χ3v) is 5.24. The molecule has 4 unspecified atom stereocenters. The summed E-state index contributed by atoms with van der Waals surface area (Å²) in [5, 5.41) is 25.9. The first-order valence-corrected chi connectivity index (χ1v) is 11.2. The highest BCUT2D eigenvalue weighted by Gasteiger charge is 2.33. The third-order valence-electron chi connectivity index (χ3n) is 5.24. The fourth-order valence-electron chi connectivity index (χ4n) is 3.21. The molecular weight excluding hydrogens is 458 g/mol. The molecule has 12 heteroatoms. The Morgan fingerprint density at radius 3 is 1.80 bits per heavy atom. The van der Waals surface area contributed by atoms with Gasteiger partial charge in [-0.3, -0.25) is 19.2 Å². The van der Waals surface area contributed by atoms with Gasteiger partial charge in [-0.05, 0) is 36.0 Å². The minimum atomic E-state index is -1.40. The minimum Gasteiger partial charge on any atom is -0.508 e. The average molecular weight is 494 g/mol. The lowest BCUT2D eigenvalue weighted by Gasteiger charge is -2.27. The molecular formula is C23H35N5O7. The zero-order chi connectivity index (χ0) is 26.9. The monoisotopic (exact) mass is 493 g/mol. The van der Waals surface area contributed by atoms with Crippen molar-refractivity contribution in [2.45, 2.75) is 64.7 Å². The maximum absolute atomic E-state index is 12.9. The van der Waals surface area contributed by atoms with Crippen molar-refractivity contribution >= 4 is 29.6 Å². The fraction of sp³-hybridized carbons (Fsp3) is 0.522. The van der Waals surface area contributed by atoms with Crippen LogP contribution in [-0.2, 0) is 30.4 Å². The lowest BCUT2D eigenvalue weighted by Crippen LogP contribution is -2.59. The van der Waals surface area contributed by atoms with Gasteiger partial charge < -0.3 is 37.6 Å². The SMILES string of the molecule is CC(C)C(NC(=O)C(NC(=O)C(CC(N)=O)NC(=O)C(N)Cc1ccc(O)cc1)C(C)C)C(=O)O. The van der Waals surface area contributed by atoms with Gasteiger partial charge in [0.15, 0.2) is 0 Å². The Bertz CT molecular complexity index is 917. The van der Waals surface area contributed by atoms with Gasteiger partial charge >= 0.3 is 5.97 Å². The largest absolute Gasteiger partial charge is 0.508 e. The molecule has 35 heavy (non-hydrogen) atoms. The molecule has 0 aliphatic rings. The van der Waals surface area contributed by atoms with Crippen LogP contribution >= 0.6 is 0 Å². The Morgan fingerprint density at radius 2 is 1.34 bits per heavy atom. The summed E-state index contributed by atoms with van der Waals surface area (Å²) in [6, 6.07) is 1.27. The van der Waals surface area contributed by atoms with Crippen molar-refractivity contribution in [2.75, 3.05) is 0 Å². The van der Waals surface area contributed by atoms with E-state index in [0.717, 1.165) is 0 Å². The third kappa shape index (κ3) is 9.61. The quantitative estimate of drug-likeness (QED) is 0.180. The van der Waals surface area contributed by atoms with Crippen molar-refractivity contribution in [3.8, 4) is 5.75 Å². The Hall–Kier alpha value is -3.67. The van der Waals surface area contributed by atoms with Gasteiger partial charge in [0.25, 0.3) is 0 Å². The molecule has 194 valence electrons. The van der Waals surface area contributed by atoms with Crippen molar-refractivity contribution < 1.29 is 34.2 Å². The predicted octanol–water partition coefficient (Wildman–Crippen LogP) is -1.01. The highest BCUT2D eigenvalue weighted by molar-refractivity contribution is 5.96. The second kappa shape index (κ2) is 13.3. The van der Waals surface area contributed by atoms with E-state index in [1.807, 2.05) is 0 Å². The van der Waals surface area contributed by atoms with Crippen LogP contribution in [0.4, 0.5) is 0 Å². The van der Waals surface area contributed by atoms with Gasteiger partial charge in [0, 0.05) is 0 Å². The summed E-state index contributed by atoms with van der Waals surface area (Å²) in [5.41, 5.74) is 11.8. The number of phenolic OH excluding ortho intramolecular Hbond substituents is 1. The number of nitrogens with two attached hydrogens (primary N) is 2. The molecule has 0 aliphatic heterocycles. The Balaban J connectivity index is 2.94. The lowest BCUT2D eigenvalue weighted by molar-refractivity contribution is -0.144. The number of amides is 4. The molecule has 0 bridgehead atoms. The van der Waals surface area contributed by atoms with Crippen molar-refractivity contribution in [2.24, 2.45) is 23.3 Å². The van der Waals surface area contributed by atoms with Gasteiger partial charge in [-0.1, -0.05) is 39.8 Å². The topological polar surface area (TPSA) is 214 Å². The van der Waals surface area contributed by atoms with Crippen molar-refractivity contribution in [1.82, 2.24) is 16.0 Å². The fourth-order valence-corrected chi connectivity index (χ4v) is 3.21. The van der Waals surface area contributed by atoms with Crippen LogP contribution in [0.3, 0.4) is 0 Å². The maximum atomic E-state index is 12.9. The first-order valence-electron chi connectivity index (χ1n) is 11.2. The second-order valence-corrected chi connectivity index (χ2v) is 9.01. The van der Waals surface area contributed by atoms with Gasteiger partial charge in [-0.25, -0.2) is 4.79 Å². The van der Waals surface area contributed by atoms with Gasteiger partial charge in [0.05, 0.1) is 12.5 Å². The molecule has 0 aromatic heterocycles. The Morgan fingerprint density at radius 1 is 0.829 bits per heavy atom. The van der Waals surface area contributed by atoms with E-state index in [9.17, 15) is 34.2 Å². The van der Waals surface area contributed by atoms with E-state index in [-0.39, 0.29) is 12.2 Å². The first kappa shape index (κ1) is 29.4. The molecule has 1 aromatic carbocycles. The molecule has 1 aromatic rings. The van der Waals surface area contributed by atoms with Crippen molar-refractivity contribution in [3.05, 3.63) is 29.8 Å². The van der Waals surface area contributed by atoms with E-state index in [1.165, 1.54) is 12.1 Å². The van der Waals surface area contributed by atoms with Crippen LogP contribution in [0.15, 0.2) is 24.3 Å². The van der Waals surface area contributed by atoms with E-state index in [2.05, 4.69) is 16.0 Å². The standard InChI is InChI=1S/C23H35N5O7/c1-11(2)18(22(33)28-19(12(3)4)23(34)35)27-21(32)16(10-17(25)30)26-20(31)15(24)9-13-5-7-14(29)8-6-13/h5-8,11-12,15-16,18-19,29H,9-10,24H2,1-4H3,(H2,25,30)(H,26,31)(H,27,32)(H,28,33)(H,34,35).